The van der Waals surface area contributed by atoms with Crippen LogP contribution in [0.15, 0.2) is 54.9 Å². The van der Waals surface area contributed by atoms with Gasteiger partial charge in [-0.2, -0.15) is 0 Å². The van der Waals surface area contributed by atoms with Crippen molar-refractivity contribution in [3.05, 3.63) is 54.9 Å². The Labute approximate surface area is 151 Å². The molecular weight excluding hydrogens is 336 g/mol. The van der Waals surface area contributed by atoms with Crippen molar-refractivity contribution in [3.8, 4) is 5.75 Å². The van der Waals surface area contributed by atoms with Gasteiger partial charge < -0.3 is 14.7 Å². The number of hydrogen-bond acceptors (Lipinski definition) is 6. The van der Waals surface area contributed by atoms with Crippen LogP contribution in [-0.4, -0.2) is 59.4 Å². The molecule has 2 aromatic rings. The summed E-state index contributed by atoms with van der Waals surface area (Å²) in [6.45, 7) is 2.00. The number of pyridine rings is 1. The van der Waals surface area contributed by atoms with E-state index in [2.05, 4.69) is 15.2 Å². The summed E-state index contributed by atoms with van der Waals surface area (Å²) in [4.78, 5) is 31.0. The minimum absolute atomic E-state index is 0.353. The number of carboxylic acid groups (broad SMARTS) is 1. The van der Waals surface area contributed by atoms with Crippen molar-refractivity contribution in [2.24, 2.45) is 0 Å². The summed E-state index contributed by atoms with van der Waals surface area (Å²) in [6, 6.07) is 12.4. The number of rotatable bonds is 7. The number of nitrogens with zero attached hydrogens (tertiary/aromatic N) is 3. The highest BCUT2D eigenvalue weighted by Gasteiger charge is 2.48. The van der Waals surface area contributed by atoms with Crippen molar-refractivity contribution in [1.29, 1.82) is 0 Å². The molecule has 2 heterocycles. The van der Waals surface area contributed by atoms with E-state index in [-0.39, 0.29) is 0 Å². The van der Waals surface area contributed by atoms with Gasteiger partial charge in [0, 0.05) is 44.3 Å². The SMILES string of the molecule is O=CNC(Oc1ccccc1)(C(=O)O)N1CCN(c2ccncc2)CC1. The van der Waals surface area contributed by atoms with Gasteiger partial charge in [0.05, 0.1) is 0 Å². The molecule has 1 aliphatic rings. The van der Waals surface area contributed by atoms with Crippen molar-refractivity contribution < 1.29 is 19.4 Å². The number of para-hydroxylation sites is 1. The predicted molar refractivity (Wildman–Crippen MR) is 94.7 cm³/mol. The summed E-state index contributed by atoms with van der Waals surface area (Å²) >= 11 is 0. The molecule has 136 valence electrons. The number of anilines is 1. The monoisotopic (exact) mass is 356 g/mol. The Bertz CT molecular complexity index is 735. The number of carbonyl (C=O) groups is 2. The number of piperazine rings is 1. The third kappa shape index (κ3) is 3.60. The van der Waals surface area contributed by atoms with Gasteiger partial charge in [-0.3, -0.25) is 15.1 Å². The van der Waals surface area contributed by atoms with E-state index < -0.39 is 11.8 Å². The first kappa shape index (κ1) is 17.7. The number of aliphatic carboxylic acids is 1. The number of amides is 1. The fourth-order valence-corrected chi connectivity index (χ4v) is 3.00. The molecule has 26 heavy (non-hydrogen) atoms. The van der Waals surface area contributed by atoms with Gasteiger partial charge in [-0.15, -0.1) is 0 Å². The molecule has 0 radical (unpaired) electrons. The lowest BCUT2D eigenvalue weighted by atomic mass is 10.2. The predicted octanol–water partition coefficient (Wildman–Crippen LogP) is 0.767. The Kier molecular flexibility index (Phi) is 5.33. The maximum Gasteiger partial charge on any atom is 0.387 e. The van der Waals surface area contributed by atoms with Crippen LogP contribution in [0, 0.1) is 0 Å². The molecule has 0 saturated carbocycles. The Balaban J connectivity index is 1.79. The topological polar surface area (TPSA) is 95.0 Å². The van der Waals surface area contributed by atoms with Crippen LogP contribution in [-0.2, 0) is 9.59 Å². The van der Waals surface area contributed by atoms with Crippen molar-refractivity contribution in [1.82, 2.24) is 15.2 Å². The van der Waals surface area contributed by atoms with Gasteiger partial charge >= 0.3 is 11.8 Å². The van der Waals surface area contributed by atoms with Crippen LogP contribution < -0.4 is 15.0 Å². The third-order valence-corrected chi connectivity index (χ3v) is 4.31. The Morgan fingerprint density at radius 3 is 2.35 bits per heavy atom. The second-order valence-electron chi connectivity index (χ2n) is 5.81. The number of hydrogen-bond donors (Lipinski definition) is 2. The number of aromatic nitrogens is 1. The summed E-state index contributed by atoms with van der Waals surface area (Å²) < 4.78 is 5.74. The summed E-state index contributed by atoms with van der Waals surface area (Å²) in [7, 11) is 0. The average molecular weight is 356 g/mol. The number of carbonyl (C=O) groups excluding carboxylic acids is 1. The molecule has 1 aromatic carbocycles. The molecule has 1 aliphatic heterocycles. The molecule has 1 amide bonds. The molecule has 3 rings (SSSR count). The molecule has 0 spiro atoms. The van der Waals surface area contributed by atoms with E-state index in [0.29, 0.717) is 38.3 Å². The van der Waals surface area contributed by atoms with Crippen LogP contribution in [0.5, 0.6) is 5.75 Å². The maximum atomic E-state index is 12.1. The van der Waals surface area contributed by atoms with E-state index in [4.69, 9.17) is 4.74 Å². The van der Waals surface area contributed by atoms with E-state index in [1.54, 1.807) is 47.6 Å². The minimum Gasteiger partial charge on any atom is -0.476 e. The quantitative estimate of drug-likeness (QED) is 0.559. The van der Waals surface area contributed by atoms with E-state index >= 15 is 0 Å². The first-order chi connectivity index (χ1) is 12.7. The van der Waals surface area contributed by atoms with Crippen LogP contribution in [0.3, 0.4) is 0 Å². The molecule has 2 N–H and O–H groups in total. The molecule has 1 saturated heterocycles. The van der Waals surface area contributed by atoms with Gasteiger partial charge in [0.25, 0.3) is 0 Å². The number of ether oxygens (including phenoxy) is 1. The zero-order chi connectivity index (χ0) is 18.4. The Morgan fingerprint density at radius 1 is 1.12 bits per heavy atom. The Morgan fingerprint density at radius 2 is 1.77 bits per heavy atom. The molecule has 0 aliphatic carbocycles. The lowest BCUT2D eigenvalue weighted by Gasteiger charge is -2.44. The molecule has 1 atom stereocenters. The second kappa shape index (κ2) is 7.83. The Hall–Kier alpha value is -3.13. The van der Waals surface area contributed by atoms with Gasteiger partial charge in [0.2, 0.25) is 6.41 Å². The molecule has 8 nitrogen and oxygen atoms in total. The highest BCUT2D eigenvalue weighted by molar-refractivity contribution is 5.79. The second-order valence-corrected chi connectivity index (χ2v) is 5.81. The van der Waals surface area contributed by atoms with Crippen LogP contribution in [0.1, 0.15) is 0 Å². The van der Waals surface area contributed by atoms with Crippen LogP contribution in [0.25, 0.3) is 0 Å². The lowest BCUT2D eigenvalue weighted by Crippen LogP contribution is -2.70. The van der Waals surface area contributed by atoms with E-state index in [9.17, 15) is 14.7 Å². The molecule has 1 unspecified atom stereocenters. The zero-order valence-corrected chi connectivity index (χ0v) is 14.1. The van der Waals surface area contributed by atoms with Crippen LogP contribution >= 0.6 is 0 Å². The first-order valence-corrected chi connectivity index (χ1v) is 8.24. The minimum atomic E-state index is -1.95. The highest BCUT2D eigenvalue weighted by Crippen LogP contribution is 2.23. The summed E-state index contributed by atoms with van der Waals surface area (Å²) in [5, 5.41) is 12.2. The van der Waals surface area contributed by atoms with Crippen molar-refractivity contribution in [2.45, 2.75) is 5.85 Å². The van der Waals surface area contributed by atoms with Crippen molar-refractivity contribution in [2.75, 3.05) is 31.1 Å². The lowest BCUT2D eigenvalue weighted by molar-refractivity contribution is -0.185. The normalized spacial score (nSPS) is 17.2. The summed E-state index contributed by atoms with van der Waals surface area (Å²) in [5.41, 5.74) is 1.02. The van der Waals surface area contributed by atoms with E-state index in [1.807, 2.05) is 12.1 Å². The van der Waals surface area contributed by atoms with Gasteiger partial charge in [-0.05, 0) is 24.3 Å². The summed E-state index contributed by atoms with van der Waals surface area (Å²) in [5.74, 6) is -2.86. The van der Waals surface area contributed by atoms with Gasteiger partial charge in [0.1, 0.15) is 5.75 Å². The first-order valence-electron chi connectivity index (χ1n) is 8.24. The smallest absolute Gasteiger partial charge is 0.387 e. The maximum absolute atomic E-state index is 12.1. The van der Waals surface area contributed by atoms with Crippen molar-refractivity contribution >= 4 is 18.1 Å². The molecule has 8 heteroatoms. The third-order valence-electron chi connectivity index (χ3n) is 4.31. The van der Waals surface area contributed by atoms with E-state index in [0.717, 1.165) is 5.69 Å². The number of carboxylic acids is 1. The fraction of sp³-hybridized carbons (Fsp3) is 0.278. The largest absolute Gasteiger partial charge is 0.476 e. The van der Waals surface area contributed by atoms with Gasteiger partial charge in [-0.1, -0.05) is 18.2 Å². The zero-order valence-electron chi connectivity index (χ0n) is 14.1. The fourth-order valence-electron chi connectivity index (χ4n) is 3.00. The molecule has 0 bridgehead atoms. The average Bonchev–Trinajstić information content (AvgIpc) is 2.69. The molecule has 1 aromatic heterocycles. The van der Waals surface area contributed by atoms with Gasteiger partial charge in [0.15, 0.2) is 0 Å². The molecule has 1 fully saturated rings. The standard InChI is InChI=1S/C18H20N4O4/c23-14-20-18(17(24)25,26-16-4-2-1-3-5-16)22-12-10-21(11-13-22)15-6-8-19-9-7-15/h1-9,14H,10-13H2,(H,20,23)(H,24,25). The van der Waals surface area contributed by atoms with E-state index in [1.165, 1.54) is 0 Å². The van der Waals surface area contributed by atoms with Gasteiger partial charge in [-0.25, -0.2) is 9.69 Å². The van der Waals surface area contributed by atoms with Crippen molar-refractivity contribution in [3.63, 3.8) is 0 Å². The van der Waals surface area contributed by atoms with Crippen LogP contribution in [0.2, 0.25) is 0 Å². The number of nitrogens with one attached hydrogen (secondary N) is 1. The highest BCUT2D eigenvalue weighted by atomic mass is 16.6. The van der Waals surface area contributed by atoms with Crippen LogP contribution in [0.4, 0.5) is 5.69 Å². The summed E-state index contributed by atoms with van der Waals surface area (Å²) in [6.07, 6.45) is 3.79. The molecular formula is C18H20N4O4. The number of benzene rings is 1.